The molecule has 0 spiro atoms. The Morgan fingerprint density at radius 1 is 1.21 bits per heavy atom. The molecule has 0 N–H and O–H groups in total. The van der Waals surface area contributed by atoms with E-state index in [-0.39, 0.29) is 35.5 Å². The Bertz CT molecular complexity index is 1070. The minimum absolute atomic E-state index is 0.0214. The molecule has 3 rings (SSSR count). The first-order chi connectivity index (χ1) is 15.7. The highest BCUT2D eigenvalue weighted by atomic mass is 32.1. The van der Waals surface area contributed by atoms with Crippen molar-refractivity contribution in [2.45, 2.75) is 77.0 Å². The second-order valence-electron chi connectivity index (χ2n) is 9.04. The maximum atomic E-state index is 14.4. The molecule has 0 radical (unpaired) electrons. The Labute approximate surface area is 197 Å². The molecule has 0 aromatic carbocycles. The van der Waals surface area contributed by atoms with E-state index in [2.05, 4.69) is 9.97 Å². The Kier molecular flexibility index (Phi) is 7.30. The van der Waals surface area contributed by atoms with E-state index in [0.717, 1.165) is 11.1 Å². The second-order valence-corrected chi connectivity index (χ2v) is 10.1. The predicted molar refractivity (Wildman–Crippen MR) is 114 cm³/mol. The quantitative estimate of drug-likeness (QED) is 0.495. The molecule has 2 aromatic rings. The molecular weight excluding hydrogens is 481 g/mol. The molecule has 34 heavy (non-hydrogen) atoms. The first kappa shape index (κ1) is 26.0. The van der Waals surface area contributed by atoms with Crippen LogP contribution in [0.5, 0.6) is 0 Å². The maximum Gasteiger partial charge on any atom is 0.427 e. The van der Waals surface area contributed by atoms with Crippen LogP contribution >= 0.6 is 11.3 Å². The van der Waals surface area contributed by atoms with Gasteiger partial charge >= 0.3 is 12.3 Å². The minimum atomic E-state index is -4.60. The smallest absolute Gasteiger partial charge is 0.427 e. The number of likely N-dealkylation sites (tertiary alicyclic amines) is 1. The lowest BCUT2D eigenvalue weighted by molar-refractivity contribution is -0.134. The van der Waals surface area contributed by atoms with Crippen LogP contribution in [0.3, 0.4) is 0 Å². The maximum absolute atomic E-state index is 14.4. The fraction of sp³-hybridized carbons (Fsp3) is 0.545. The van der Waals surface area contributed by atoms with Gasteiger partial charge in [-0.3, -0.25) is 14.7 Å². The molecule has 1 aliphatic heterocycles. The van der Waals surface area contributed by atoms with E-state index >= 15 is 0 Å². The molecule has 0 unspecified atom stereocenters. The highest BCUT2D eigenvalue weighted by molar-refractivity contribution is 7.15. The highest BCUT2D eigenvalue weighted by Crippen LogP contribution is 2.37. The van der Waals surface area contributed by atoms with Gasteiger partial charge in [-0.2, -0.15) is 13.2 Å². The first-order valence-electron chi connectivity index (χ1n) is 10.5. The number of carbonyl (C=O) groups is 2. The topological polar surface area (TPSA) is 72.4 Å². The average Bonchev–Trinajstić information content (AvgIpc) is 3.31. The number of ether oxygens (including phenoxy) is 1. The van der Waals surface area contributed by atoms with Crippen LogP contribution in [-0.2, 0) is 22.1 Å². The summed E-state index contributed by atoms with van der Waals surface area (Å²) in [7, 11) is 0. The monoisotopic (exact) mass is 505 g/mol. The van der Waals surface area contributed by atoms with Gasteiger partial charge in [-0.1, -0.05) is 0 Å². The van der Waals surface area contributed by atoms with E-state index in [1.54, 1.807) is 20.8 Å². The van der Waals surface area contributed by atoms with Crippen molar-refractivity contribution in [1.82, 2.24) is 14.9 Å². The van der Waals surface area contributed by atoms with Crippen LogP contribution in [0.4, 0.5) is 26.7 Å². The van der Waals surface area contributed by atoms with Crippen molar-refractivity contribution >= 4 is 23.2 Å². The zero-order valence-corrected chi connectivity index (χ0v) is 19.8. The first-order valence-corrected chi connectivity index (χ1v) is 11.3. The Morgan fingerprint density at radius 2 is 1.88 bits per heavy atom. The van der Waals surface area contributed by atoms with Gasteiger partial charge in [-0.25, -0.2) is 18.6 Å². The number of Topliss-reactive ketones (excluding diaryl/α,β-unsaturated/α-hetero) is 1. The SMILES string of the molecule is C[C@H]1[C@H](F)C[C@@H](C(=O)CCc2cc(-c3ncc(C(F)(F)F)s3)c(F)cn2)N1C(=O)OC(C)(C)C. The number of nitrogens with zero attached hydrogens (tertiary/aromatic N) is 3. The Balaban J connectivity index is 1.73. The van der Waals surface area contributed by atoms with Crippen LogP contribution in [0.1, 0.15) is 51.1 Å². The van der Waals surface area contributed by atoms with Crippen molar-refractivity contribution in [2.24, 2.45) is 0 Å². The fourth-order valence-electron chi connectivity index (χ4n) is 3.61. The number of aromatic nitrogens is 2. The van der Waals surface area contributed by atoms with Gasteiger partial charge in [-0.05, 0) is 40.2 Å². The third kappa shape index (κ3) is 5.89. The van der Waals surface area contributed by atoms with Crippen LogP contribution in [0.15, 0.2) is 18.5 Å². The van der Waals surface area contributed by atoms with Gasteiger partial charge in [0.15, 0.2) is 11.6 Å². The molecule has 186 valence electrons. The molecule has 3 heterocycles. The molecule has 1 fully saturated rings. The average molecular weight is 506 g/mol. The normalized spacial score (nSPS) is 21.1. The van der Waals surface area contributed by atoms with E-state index in [9.17, 15) is 31.5 Å². The summed E-state index contributed by atoms with van der Waals surface area (Å²) in [5.74, 6) is -1.27. The molecule has 2 aromatic heterocycles. The van der Waals surface area contributed by atoms with Crippen LogP contribution in [0.2, 0.25) is 0 Å². The highest BCUT2D eigenvalue weighted by Gasteiger charge is 2.46. The number of alkyl halides is 4. The van der Waals surface area contributed by atoms with Gasteiger partial charge in [0.05, 0.1) is 24.5 Å². The van der Waals surface area contributed by atoms with E-state index in [4.69, 9.17) is 4.74 Å². The fourth-order valence-corrected chi connectivity index (χ4v) is 4.41. The summed E-state index contributed by atoms with van der Waals surface area (Å²) >= 11 is 0.298. The molecule has 1 aliphatic rings. The molecule has 6 nitrogen and oxygen atoms in total. The number of ketones is 1. The van der Waals surface area contributed by atoms with E-state index in [1.807, 2.05) is 0 Å². The zero-order valence-electron chi connectivity index (χ0n) is 18.9. The van der Waals surface area contributed by atoms with Crippen LogP contribution in [0.25, 0.3) is 10.6 Å². The third-order valence-electron chi connectivity index (χ3n) is 5.28. The molecule has 0 bridgehead atoms. The summed E-state index contributed by atoms with van der Waals surface area (Å²) in [6.45, 7) is 6.48. The van der Waals surface area contributed by atoms with Crippen LogP contribution in [0, 0.1) is 5.82 Å². The molecule has 1 saturated heterocycles. The molecule has 3 atom stereocenters. The molecule has 0 saturated carbocycles. The van der Waals surface area contributed by atoms with Gasteiger partial charge in [0.2, 0.25) is 0 Å². The summed E-state index contributed by atoms with van der Waals surface area (Å²) in [5, 5.41) is -0.166. The van der Waals surface area contributed by atoms with Crippen molar-refractivity contribution in [3.63, 3.8) is 0 Å². The number of aryl methyl sites for hydroxylation is 1. The number of hydrogen-bond donors (Lipinski definition) is 0. The van der Waals surface area contributed by atoms with Gasteiger partial charge in [-0.15, -0.1) is 11.3 Å². The number of thiazole rings is 1. The lowest BCUT2D eigenvalue weighted by Crippen LogP contribution is -2.47. The van der Waals surface area contributed by atoms with Gasteiger partial charge in [0, 0.05) is 24.1 Å². The summed E-state index contributed by atoms with van der Waals surface area (Å²) in [4.78, 5) is 33.1. The Hall–Kier alpha value is -2.63. The van der Waals surface area contributed by atoms with Gasteiger partial charge in [0.1, 0.15) is 21.7 Å². The van der Waals surface area contributed by atoms with Crippen LogP contribution in [-0.4, -0.2) is 50.6 Å². The summed E-state index contributed by atoms with van der Waals surface area (Å²) in [5.41, 5.74) is -0.735. The van der Waals surface area contributed by atoms with Crippen molar-refractivity contribution in [1.29, 1.82) is 0 Å². The summed E-state index contributed by atoms with van der Waals surface area (Å²) in [6, 6.07) is -0.622. The lowest BCUT2D eigenvalue weighted by atomic mass is 10.0. The number of hydrogen-bond acceptors (Lipinski definition) is 6. The van der Waals surface area contributed by atoms with E-state index in [0.29, 0.717) is 17.5 Å². The summed E-state index contributed by atoms with van der Waals surface area (Å²) < 4.78 is 72.5. The van der Waals surface area contributed by atoms with Gasteiger partial charge in [0.25, 0.3) is 0 Å². The zero-order chi connectivity index (χ0) is 25.4. The van der Waals surface area contributed by atoms with Crippen molar-refractivity contribution in [3.8, 4) is 10.6 Å². The number of amides is 1. The molecule has 0 aliphatic carbocycles. The van der Waals surface area contributed by atoms with E-state index < -0.39 is 52.6 Å². The van der Waals surface area contributed by atoms with Crippen LogP contribution < -0.4 is 0 Å². The van der Waals surface area contributed by atoms with Crippen molar-refractivity contribution in [2.75, 3.05) is 0 Å². The number of carbonyl (C=O) groups excluding carboxylic acids is 2. The molecule has 12 heteroatoms. The Morgan fingerprint density at radius 3 is 2.47 bits per heavy atom. The standard InChI is InChI=1S/C22H24F5N3O3S/c1-11-14(23)8-16(30(11)20(32)33-21(2,3)4)17(31)6-5-12-7-13(15(24)9-28-12)19-29-10-18(34-19)22(25,26)27/h7,9-11,14,16H,5-6,8H2,1-4H3/t11-,14+,16-/m0/s1. The van der Waals surface area contributed by atoms with Gasteiger partial charge < -0.3 is 4.74 Å². The largest absolute Gasteiger partial charge is 0.444 e. The number of pyridine rings is 1. The molecular formula is C22H24F5N3O3S. The predicted octanol–water partition coefficient (Wildman–Crippen LogP) is 5.60. The summed E-state index contributed by atoms with van der Waals surface area (Å²) in [6.07, 6.45) is -5.58. The molecule has 1 amide bonds. The van der Waals surface area contributed by atoms with Crippen molar-refractivity contribution in [3.05, 3.63) is 34.8 Å². The number of halogens is 5. The second kappa shape index (κ2) is 9.55. The number of rotatable bonds is 5. The third-order valence-corrected chi connectivity index (χ3v) is 6.35. The lowest BCUT2D eigenvalue weighted by Gasteiger charge is -2.30. The minimum Gasteiger partial charge on any atom is -0.444 e. The van der Waals surface area contributed by atoms with Crippen molar-refractivity contribution < 1.29 is 36.3 Å². The van der Waals surface area contributed by atoms with E-state index in [1.165, 1.54) is 13.0 Å².